The number of nitrogens with zero attached hydrogens (tertiary/aromatic N) is 3. The largest absolute Gasteiger partial charge is 0.456 e. The lowest BCUT2D eigenvalue weighted by Gasteiger charge is -2.10. The summed E-state index contributed by atoms with van der Waals surface area (Å²) < 4.78 is 12.8. The Morgan fingerprint density at radius 3 is 1.45 bits per heavy atom. The molecule has 0 saturated carbocycles. The predicted octanol–water partition coefficient (Wildman–Crippen LogP) is 13.7. The molecular weight excluding hydrogens is 687 g/mol. The Labute approximate surface area is 322 Å². The van der Waals surface area contributed by atoms with Crippen molar-refractivity contribution in [1.29, 1.82) is 0 Å². The van der Waals surface area contributed by atoms with E-state index in [2.05, 4.69) is 127 Å². The maximum absolute atomic E-state index is 6.57. The second-order valence-corrected chi connectivity index (χ2v) is 14.0. The van der Waals surface area contributed by atoms with Crippen molar-refractivity contribution >= 4 is 43.9 Å². The monoisotopic (exact) mass is 717 g/mol. The lowest BCUT2D eigenvalue weighted by atomic mass is 9.97. The van der Waals surface area contributed by atoms with Gasteiger partial charge in [0.1, 0.15) is 22.3 Å². The molecule has 0 aliphatic heterocycles. The fourth-order valence-electron chi connectivity index (χ4n) is 7.75. The smallest absolute Gasteiger partial charge is 0.164 e. The van der Waals surface area contributed by atoms with Crippen molar-refractivity contribution < 1.29 is 8.83 Å². The molecule has 0 aliphatic rings. The number of furan rings is 2. The summed E-state index contributed by atoms with van der Waals surface area (Å²) in [4.78, 5) is 15.0. The maximum atomic E-state index is 6.57. The molecule has 0 N–H and O–H groups in total. The number of para-hydroxylation sites is 2. The van der Waals surface area contributed by atoms with Crippen molar-refractivity contribution in [2.75, 3.05) is 0 Å². The number of fused-ring (bicyclic) bond motifs is 6. The molecule has 0 bridgehead atoms. The SMILES string of the molecule is c1ccc(-c2nc(-c3cccc(-c4cccc(-c5ccc6c(c5)oc5c(-c7ccccc7)cccc56)c4)c3)nc(-c3ccc4c(c3)oc3ccccc34)n2)cc1. The van der Waals surface area contributed by atoms with Crippen LogP contribution in [0.15, 0.2) is 197 Å². The molecule has 0 aliphatic carbocycles. The number of aromatic nitrogens is 3. The maximum Gasteiger partial charge on any atom is 0.164 e. The molecule has 0 fully saturated rings. The molecule has 11 rings (SSSR count). The third kappa shape index (κ3) is 5.53. The first kappa shape index (κ1) is 31.9. The Balaban J connectivity index is 0.974. The van der Waals surface area contributed by atoms with E-state index in [-0.39, 0.29) is 0 Å². The molecule has 0 spiro atoms. The standard InChI is InChI=1S/C51H31N3O2/c1-3-12-32(13-4-1)40-21-11-22-44-43-26-24-37(30-47(43)56-48(40)44)35-17-9-16-34(28-35)36-18-10-19-38(29-36)50-52-49(33-14-5-2-6-15-33)53-51(54-50)39-25-27-42-41-20-7-8-23-45(41)55-46(42)31-39/h1-31H. The Morgan fingerprint density at radius 1 is 0.268 bits per heavy atom. The Morgan fingerprint density at radius 2 is 0.714 bits per heavy atom. The van der Waals surface area contributed by atoms with Gasteiger partial charge in [-0.25, -0.2) is 15.0 Å². The average Bonchev–Trinajstić information content (AvgIpc) is 3.85. The number of hydrogen-bond acceptors (Lipinski definition) is 5. The Hall–Kier alpha value is -7.63. The van der Waals surface area contributed by atoms with E-state index in [1.54, 1.807) is 0 Å². The molecule has 0 saturated heterocycles. The number of rotatable bonds is 6. The third-order valence-corrected chi connectivity index (χ3v) is 10.5. The van der Waals surface area contributed by atoms with Crippen LogP contribution in [0.4, 0.5) is 0 Å². The zero-order valence-corrected chi connectivity index (χ0v) is 30.1. The first-order valence-corrected chi connectivity index (χ1v) is 18.7. The van der Waals surface area contributed by atoms with E-state index in [1.165, 1.54) is 0 Å². The summed E-state index contributed by atoms with van der Waals surface area (Å²) >= 11 is 0. The van der Waals surface area contributed by atoms with Gasteiger partial charge in [-0.3, -0.25) is 0 Å². The van der Waals surface area contributed by atoms with Gasteiger partial charge in [-0.15, -0.1) is 0 Å². The minimum atomic E-state index is 0.584. The quantitative estimate of drug-likeness (QED) is 0.171. The fourth-order valence-corrected chi connectivity index (χ4v) is 7.75. The summed E-state index contributed by atoms with van der Waals surface area (Å²) in [5.74, 6) is 1.79. The van der Waals surface area contributed by atoms with Crippen LogP contribution >= 0.6 is 0 Å². The summed E-state index contributed by atoms with van der Waals surface area (Å²) in [6, 6.07) is 64.6. The van der Waals surface area contributed by atoms with Gasteiger partial charge in [0, 0.05) is 43.8 Å². The van der Waals surface area contributed by atoms with Crippen molar-refractivity contribution in [2.24, 2.45) is 0 Å². The molecule has 0 unspecified atom stereocenters. The van der Waals surface area contributed by atoms with E-state index in [1.807, 2.05) is 60.7 Å². The van der Waals surface area contributed by atoms with Crippen LogP contribution in [0, 0.1) is 0 Å². The van der Waals surface area contributed by atoms with Crippen LogP contribution in [0.3, 0.4) is 0 Å². The summed E-state index contributed by atoms with van der Waals surface area (Å²) in [6.45, 7) is 0. The van der Waals surface area contributed by atoms with Crippen molar-refractivity contribution in [3.63, 3.8) is 0 Å². The average molecular weight is 718 g/mol. The topological polar surface area (TPSA) is 65.0 Å². The molecule has 5 heteroatoms. The van der Waals surface area contributed by atoms with Crippen molar-refractivity contribution in [3.8, 4) is 67.5 Å². The molecule has 5 nitrogen and oxygen atoms in total. The second kappa shape index (κ2) is 13.0. The third-order valence-electron chi connectivity index (χ3n) is 10.5. The summed E-state index contributed by atoms with van der Waals surface area (Å²) in [7, 11) is 0. The molecule has 0 atom stereocenters. The van der Waals surface area contributed by atoms with Crippen LogP contribution in [-0.2, 0) is 0 Å². The molecule has 0 radical (unpaired) electrons. The highest BCUT2D eigenvalue weighted by Crippen LogP contribution is 2.38. The zero-order valence-electron chi connectivity index (χ0n) is 30.1. The normalized spacial score (nSPS) is 11.6. The molecule has 0 amide bonds. The van der Waals surface area contributed by atoms with E-state index in [4.69, 9.17) is 23.8 Å². The zero-order chi connectivity index (χ0) is 37.0. The van der Waals surface area contributed by atoms with Crippen molar-refractivity contribution in [3.05, 3.63) is 188 Å². The van der Waals surface area contributed by atoms with E-state index < -0.39 is 0 Å². The lowest BCUT2D eigenvalue weighted by molar-refractivity contribution is 0.669. The lowest BCUT2D eigenvalue weighted by Crippen LogP contribution is -2.00. The van der Waals surface area contributed by atoms with E-state index >= 15 is 0 Å². The van der Waals surface area contributed by atoms with Gasteiger partial charge >= 0.3 is 0 Å². The van der Waals surface area contributed by atoms with Gasteiger partial charge in [-0.1, -0.05) is 146 Å². The van der Waals surface area contributed by atoms with Crippen LogP contribution in [0.5, 0.6) is 0 Å². The van der Waals surface area contributed by atoms with Crippen LogP contribution in [0.25, 0.3) is 111 Å². The molecule has 56 heavy (non-hydrogen) atoms. The van der Waals surface area contributed by atoms with Crippen LogP contribution in [-0.4, -0.2) is 15.0 Å². The van der Waals surface area contributed by atoms with Crippen LogP contribution < -0.4 is 0 Å². The highest BCUT2D eigenvalue weighted by Gasteiger charge is 2.16. The first-order chi connectivity index (χ1) is 27.7. The van der Waals surface area contributed by atoms with Gasteiger partial charge in [0.15, 0.2) is 17.5 Å². The van der Waals surface area contributed by atoms with E-state index in [0.29, 0.717) is 17.5 Å². The van der Waals surface area contributed by atoms with Gasteiger partial charge in [-0.05, 0) is 70.3 Å². The highest BCUT2D eigenvalue weighted by atomic mass is 16.3. The molecule has 8 aromatic carbocycles. The highest BCUT2D eigenvalue weighted by molar-refractivity contribution is 6.10. The molecular formula is C51H31N3O2. The minimum absolute atomic E-state index is 0.584. The first-order valence-electron chi connectivity index (χ1n) is 18.7. The van der Waals surface area contributed by atoms with E-state index in [0.717, 1.165) is 93.9 Å². The van der Waals surface area contributed by atoms with Gasteiger partial charge < -0.3 is 8.83 Å². The van der Waals surface area contributed by atoms with Gasteiger partial charge in [0.25, 0.3) is 0 Å². The molecule has 3 aromatic heterocycles. The predicted molar refractivity (Wildman–Crippen MR) is 227 cm³/mol. The van der Waals surface area contributed by atoms with Crippen molar-refractivity contribution in [2.45, 2.75) is 0 Å². The Kier molecular flexibility index (Phi) is 7.42. The Bertz CT molecular complexity index is 3250. The van der Waals surface area contributed by atoms with Crippen LogP contribution in [0.1, 0.15) is 0 Å². The van der Waals surface area contributed by atoms with Gasteiger partial charge in [0.2, 0.25) is 0 Å². The molecule has 11 aromatic rings. The summed E-state index contributed by atoms with van der Waals surface area (Å²) in [6.07, 6.45) is 0. The summed E-state index contributed by atoms with van der Waals surface area (Å²) in [5, 5.41) is 4.37. The second-order valence-electron chi connectivity index (χ2n) is 14.0. The fraction of sp³-hybridized carbons (Fsp3) is 0. The molecule has 3 heterocycles. The van der Waals surface area contributed by atoms with Gasteiger partial charge in [-0.2, -0.15) is 0 Å². The van der Waals surface area contributed by atoms with Gasteiger partial charge in [0.05, 0.1) is 0 Å². The number of hydrogen-bond donors (Lipinski definition) is 0. The summed E-state index contributed by atoms with van der Waals surface area (Å²) in [5.41, 5.74) is 12.7. The molecule has 262 valence electrons. The van der Waals surface area contributed by atoms with E-state index in [9.17, 15) is 0 Å². The number of benzene rings is 8. The van der Waals surface area contributed by atoms with Crippen LogP contribution in [0.2, 0.25) is 0 Å². The minimum Gasteiger partial charge on any atom is -0.456 e. The van der Waals surface area contributed by atoms with Crippen molar-refractivity contribution in [1.82, 2.24) is 15.0 Å².